The SMILES string of the molecule is CCCC(CN)C(=O)N(Cc1ccccn1)C1CC1. The van der Waals surface area contributed by atoms with Crippen molar-refractivity contribution in [3.63, 3.8) is 0 Å². The normalized spacial score (nSPS) is 16.1. The quantitative estimate of drug-likeness (QED) is 0.816. The molecule has 1 amide bonds. The van der Waals surface area contributed by atoms with Gasteiger partial charge in [-0.1, -0.05) is 19.4 Å². The van der Waals surface area contributed by atoms with Gasteiger partial charge in [-0.25, -0.2) is 0 Å². The second kappa shape index (κ2) is 6.66. The van der Waals surface area contributed by atoms with Crippen molar-refractivity contribution in [3.05, 3.63) is 30.1 Å². The number of nitrogens with two attached hydrogens (primary N) is 1. The van der Waals surface area contributed by atoms with E-state index in [0.717, 1.165) is 31.4 Å². The summed E-state index contributed by atoms with van der Waals surface area (Å²) in [5.74, 6) is 0.173. The Morgan fingerprint density at radius 1 is 1.53 bits per heavy atom. The molecule has 0 bridgehead atoms. The van der Waals surface area contributed by atoms with Gasteiger partial charge in [-0.15, -0.1) is 0 Å². The number of amides is 1. The smallest absolute Gasteiger partial charge is 0.227 e. The van der Waals surface area contributed by atoms with Gasteiger partial charge in [0.2, 0.25) is 5.91 Å². The van der Waals surface area contributed by atoms with Crippen molar-refractivity contribution in [1.29, 1.82) is 0 Å². The molecule has 1 aromatic heterocycles. The Kier molecular flexibility index (Phi) is 4.91. The zero-order chi connectivity index (χ0) is 13.7. The number of carbonyl (C=O) groups excluding carboxylic acids is 1. The molecule has 1 heterocycles. The predicted octanol–water partition coefficient (Wildman–Crippen LogP) is 1.95. The van der Waals surface area contributed by atoms with Gasteiger partial charge in [0.15, 0.2) is 0 Å². The molecule has 0 spiro atoms. The molecule has 1 aliphatic rings. The van der Waals surface area contributed by atoms with E-state index in [1.807, 2.05) is 23.1 Å². The van der Waals surface area contributed by atoms with E-state index in [0.29, 0.717) is 19.1 Å². The molecule has 4 heteroatoms. The van der Waals surface area contributed by atoms with E-state index in [-0.39, 0.29) is 11.8 Å². The van der Waals surface area contributed by atoms with E-state index in [1.54, 1.807) is 6.20 Å². The number of rotatable bonds is 7. The number of hydrogen-bond donors (Lipinski definition) is 1. The van der Waals surface area contributed by atoms with Crippen LogP contribution < -0.4 is 5.73 Å². The van der Waals surface area contributed by atoms with Crippen LogP contribution >= 0.6 is 0 Å². The van der Waals surface area contributed by atoms with Crippen LogP contribution in [0.5, 0.6) is 0 Å². The number of nitrogens with zero attached hydrogens (tertiary/aromatic N) is 2. The standard InChI is InChI=1S/C15H23N3O/c1-2-5-12(10-16)15(19)18(14-7-8-14)11-13-6-3-4-9-17-13/h3-4,6,9,12,14H,2,5,7-8,10-11,16H2,1H3. The first-order valence-corrected chi connectivity index (χ1v) is 7.16. The van der Waals surface area contributed by atoms with Crippen LogP contribution in [0.15, 0.2) is 24.4 Å². The van der Waals surface area contributed by atoms with Crippen LogP contribution in [0.4, 0.5) is 0 Å². The molecule has 1 fully saturated rings. The molecule has 1 saturated carbocycles. The topological polar surface area (TPSA) is 59.2 Å². The molecular formula is C15H23N3O. The highest BCUT2D eigenvalue weighted by Gasteiger charge is 2.35. The third-order valence-corrected chi connectivity index (χ3v) is 3.60. The van der Waals surface area contributed by atoms with Crippen molar-refractivity contribution in [3.8, 4) is 0 Å². The summed E-state index contributed by atoms with van der Waals surface area (Å²) in [5.41, 5.74) is 6.70. The lowest BCUT2D eigenvalue weighted by Gasteiger charge is -2.26. The summed E-state index contributed by atoms with van der Waals surface area (Å²) in [5, 5.41) is 0. The molecule has 104 valence electrons. The summed E-state index contributed by atoms with van der Waals surface area (Å²) >= 11 is 0. The van der Waals surface area contributed by atoms with Crippen molar-refractivity contribution >= 4 is 5.91 Å². The van der Waals surface area contributed by atoms with Gasteiger partial charge in [-0.05, 0) is 31.4 Å². The Morgan fingerprint density at radius 2 is 2.32 bits per heavy atom. The molecule has 0 aromatic carbocycles. The lowest BCUT2D eigenvalue weighted by molar-refractivity contribution is -0.136. The second-order valence-corrected chi connectivity index (χ2v) is 5.24. The minimum atomic E-state index is -0.0330. The van der Waals surface area contributed by atoms with Crippen molar-refractivity contribution in [1.82, 2.24) is 9.88 Å². The second-order valence-electron chi connectivity index (χ2n) is 5.24. The van der Waals surface area contributed by atoms with Gasteiger partial charge in [-0.2, -0.15) is 0 Å². The number of hydrogen-bond acceptors (Lipinski definition) is 3. The van der Waals surface area contributed by atoms with E-state index < -0.39 is 0 Å². The van der Waals surface area contributed by atoms with Gasteiger partial charge in [-0.3, -0.25) is 9.78 Å². The molecule has 19 heavy (non-hydrogen) atoms. The minimum Gasteiger partial charge on any atom is -0.334 e. The summed E-state index contributed by atoms with van der Waals surface area (Å²) in [7, 11) is 0. The molecule has 2 rings (SSSR count). The van der Waals surface area contributed by atoms with Crippen LogP contribution in [-0.4, -0.2) is 28.4 Å². The van der Waals surface area contributed by atoms with E-state index >= 15 is 0 Å². The van der Waals surface area contributed by atoms with Gasteiger partial charge in [0.25, 0.3) is 0 Å². The number of carbonyl (C=O) groups is 1. The average molecular weight is 261 g/mol. The first-order chi connectivity index (χ1) is 9.26. The maximum atomic E-state index is 12.6. The molecule has 1 aromatic rings. The van der Waals surface area contributed by atoms with Crippen molar-refractivity contribution in [2.45, 2.75) is 45.2 Å². The van der Waals surface area contributed by atoms with E-state index in [2.05, 4.69) is 11.9 Å². The Labute approximate surface area is 115 Å². The van der Waals surface area contributed by atoms with Crippen LogP contribution in [0.25, 0.3) is 0 Å². The van der Waals surface area contributed by atoms with Gasteiger partial charge in [0.1, 0.15) is 0 Å². The van der Waals surface area contributed by atoms with Crippen LogP contribution in [0.2, 0.25) is 0 Å². The van der Waals surface area contributed by atoms with Gasteiger partial charge in [0.05, 0.1) is 18.2 Å². The highest BCUT2D eigenvalue weighted by Crippen LogP contribution is 2.30. The summed E-state index contributed by atoms with van der Waals surface area (Å²) in [6.07, 6.45) is 5.87. The zero-order valence-electron chi connectivity index (χ0n) is 11.6. The van der Waals surface area contributed by atoms with Crippen LogP contribution in [-0.2, 0) is 11.3 Å². The third-order valence-electron chi connectivity index (χ3n) is 3.60. The predicted molar refractivity (Wildman–Crippen MR) is 75.3 cm³/mol. The fourth-order valence-electron chi connectivity index (χ4n) is 2.36. The highest BCUT2D eigenvalue weighted by atomic mass is 16.2. The van der Waals surface area contributed by atoms with Gasteiger partial charge >= 0.3 is 0 Å². The number of pyridine rings is 1. The monoisotopic (exact) mass is 261 g/mol. The Balaban J connectivity index is 2.05. The van der Waals surface area contributed by atoms with Crippen molar-refractivity contribution in [2.75, 3.05) is 6.54 Å². The van der Waals surface area contributed by atoms with E-state index in [4.69, 9.17) is 5.73 Å². The maximum Gasteiger partial charge on any atom is 0.227 e. The molecule has 0 aliphatic heterocycles. The summed E-state index contributed by atoms with van der Waals surface area (Å²) in [6, 6.07) is 6.23. The molecule has 0 radical (unpaired) electrons. The largest absolute Gasteiger partial charge is 0.334 e. The number of aromatic nitrogens is 1. The van der Waals surface area contributed by atoms with Crippen molar-refractivity contribution in [2.24, 2.45) is 11.7 Å². The van der Waals surface area contributed by atoms with E-state index in [9.17, 15) is 4.79 Å². The first kappa shape index (κ1) is 14.0. The summed E-state index contributed by atoms with van der Waals surface area (Å²) in [4.78, 5) is 18.9. The van der Waals surface area contributed by atoms with Gasteiger partial charge < -0.3 is 10.6 Å². The van der Waals surface area contributed by atoms with Crippen molar-refractivity contribution < 1.29 is 4.79 Å². The Morgan fingerprint density at radius 3 is 2.84 bits per heavy atom. The lowest BCUT2D eigenvalue weighted by atomic mass is 10.0. The molecule has 1 aliphatic carbocycles. The fraction of sp³-hybridized carbons (Fsp3) is 0.600. The summed E-state index contributed by atoms with van der Waals surface area (Å²) < 4.78 is 0. The molecular weight excluding hydrogens is 238 g/mol. The van der Waals surface area contributed by atoms with E-state index in [1.165, 1.54) is 0 Å². The minimum absolute atomic E-state index is 0.0330. The van der Waals surface area contributed by atoms with Crippen LogP contribution in [0, 0.1) is 5.92 Å². The van der Waals surface area contributed by atoms with Gasteiger partial charge in [0, 0.05) is 18.8 Å². The van der Waals surface area contributed by atoms with Crippen LogP contribution in [0.3, 0.4) is 0 Å². The first-order valence-electron chi connectivity index (χ1n) is 7.16. The third kappa shape index (κ3) is 3.77. The fourth-order valence-corrected chi connectivity index (χ4v) is 2.36. The molecule has 2 N–H and O–H groups in total. The molecule has 4 nitrogen and oxygen atoms in total. The molecule has 1 atom stereocenters. The zero-order valence-corrected chi connectivity index (χ0v) is 11.6. The Hall–Kier alpha value is -1.42. The highest BCUT2D eigenvalue weighted by molar-refractivity contribution is 5.79. The maximum absolute atomic E-state index is 12.6. The average Bonchev–Trinajstić information content (AvgIpc) is 3.27. The molecule has 0 saturated heterocycles. The molecule has 1 unspecified atom stereocenters. The summed E-state index contributed by atoms with van der Waals surface area (Å²) in [6.45, 7) is 3.15. The lowest BCUT2D eigenvalue weighted by Crippen LogP contribution is -2.40. The Bertz CT molecular complexity index is 403. The van der Waals surface area contributed by atoms with Crippen LogP contribution in [0.1, 0.15) is 38.3 Å².